The Balaban J connectivity index is 2.20. The molecule has 17 heavy (non-hydrogen) atoms. The fourth-order valence-corrected chi connectivity index (χ4v) is 2.07. The highest BCUT2D eigenvalue weighted by molar-refractivity contribution is 7.99. The standard InChI is InChI=1S/C13H23N3S/c1-3-5-10-14-16-15-12-6-8-13(9-7-12)17-11-4-2/h6-9,14-16H,3-5,10-11H2,1-2H3. The van der Waals surface area contributed by atoms with E-state index < -0.39 is 0 Å². The molecule has 0 spiro atoms. The van der Waals surface area contributed by atoms with Crippen LogP contribution in [0.3, 0.4) is 0 Å². The molecule has 0 amide bonds. The van der Waals surface area contributed by atoms with E-state index >= 15 is 0 Å². The van der Waals surface area contributed by atoms with Gasteiger partial charge in [0.15, 0.2) is 0 Å². The van der Waals surface area contributed by atoms with E-state index in [4.69, 9.17) is 0 Å². The predicted octanol–water partition coefficient (Wildman–Crippen LogP) is 3.41. The van der Waals surface area contributed by atoms with E-state index in [0.717, 1.165) is 12.2 Å². The van der Waals surface area contributed by atoms with Gasteiger partial charge in [-0.3, -0.25) is 0 Å². The monoisotopic (exact) mass is 253 g/mol. The maximum Gasteiger partial charge on any atom is 0.0501 e. The third kappa shape index (κ3) is 6.56. The fourth-order valence-electron chi connectivity index (χ4n) is 1.30. The van der Waals surface area contributed by atoms with Gasteiger partial charge in [0.25, 0.3) is 0 Å². The largest absolute Gasteiger partial charge is 0.308 e. The first-order valence-corrected chi connectivity index (χ1v) is 7.32. The van der Waals surface area contributed by atoms with Gasteiger partial charge in [-0.05, 0) is 42.9 Å². The first-order chi connectivity index (χ1) is 8.36. The molecule has 0 aliphatic rings. The quantitative estimate of drug-likeness (QED) is 0.358. The van der Waals surface area contributed by atoms with Gasteiger partial charge in [-0.2, -0.15) is 5.53 Å². The number of nitrogens with one attached hydrogen (secondary N) is 3. The van der Waals surface area contributed by atoms with Gasteiger partial charge < -0.3 is 5.43 Å². The van der Waals surface area contributed by atoms with Gasteiger partial charge in [-0.1, -0.05) is 20.3 Å². The van der Waals surface area contributed by atoms with E-state index in [1.807, 2.05) is 11.8 Å². The van der Waals surface area contributed by atoms with Crippen LogP contribution in [0.2, 0.25) is 0 Å². The summed E-state index contributed by atoms with van der Waals surface area (Å²) in [6.45, 7) is 5.37. The van der Waals surface area contributed by atoms with Gasteiger partial charge >= 0.3 is 0 Å². The molecular formula is C13H23N3S. The Morgan fingerprint density at radius 3 is 2.47 bits per heavy atom. The summed E-state index contributed by atoms with van der Waals surface area (Å²) in [5, 5.41) is 0. The molecule has 0 radical (unpaired) electrons. The lowest BCUT2D eigenvalue weighted by Gasteiger charge is -2.09. The molecule has 0 saturated carbocycles. The third-order valence-corrected chi connectivity index (χ3v) is 3.50. The Labute approximate surface area is 109 Å². The second kappa shape index (κ2) is 9.33. The van der Waals surface area contributed by atoms with Crippen LogP contribution in [0.25, 0.3) is 0 Å². The van der Waals surface area contributed by atoms with Gasteiger partial charge in [0.2, 0.25) is 0 Å². The second-order valence-corrected chi connectivity index (χ2v) is 5.07. The number of anilines is 1. The van der Waals surface area contributed by atoms with Gasteiger partial charge in [-0.25, -0.2) is 5.43 Å². The van der Waals surface area contributed by atoms with Crippen LogP contribution < -0.4 is 16.4 Å². The van der Waals surface area contributed by atoms with Crippen LogP contribution in [0.4, 0.5) is 5.69 Å². The van der Waals surface area contributed by atoms with Crippen LogP contribution in [0.15, 0.2) is 29.2 Å². The molecular weight excluding hydrogens is 230 g/mol. The van der Waals surface area contributed by atoms with E-state index in [1.165, 1.54) is 29.9 Å². The minimum absolute atomic E-state index is 0.980. The molecule has 96 valence electrons. The normalized spacial score (nSPS) is 10.5. The number of hydrogen-bond donors (Lipinski definition) is 3. The van der Waals surface area contributed by atoms with Crippen molar-refractivity contribution < 1.29 is 0 Å². The second-order valence-electron chi connectivity index (χ2n) is 3.90. The molecule has 0 aliphatic carbocycles. The highest BCUT2D eigenvalue weighted by atomic mass is 32.2. The van der Waals surface area contributed by atoms with Gasteiger partial charge in [0.1, 0.15) is 0 Å². The van der Waals surface area contributed by atoms with E-state index in [1.54, 1.807) is 0 Å². The maximum absolute atomic E-state index is 3.12. The molecule has 1 aromatic carbocycles. The molecule has 0 aromatic heterocycles. The molecule has 0 atom stereocenters. The van der Waals surface area contributed by atoms with Crippen molar-refractivity contribution in [2.45, 2.75) is 38.0 Å². The summed E-state index contributed by atoms with van der Waals surface area (Å²) in [6, 6.07) is 8.48. The molecule has 3 N–H and O–H groups in total. The zero-order valence-corrected chi connectivity index (χ0v) is 11.6. The Morgan fingerprint density at radius 1 is 1.06 bits per heavy atom. The Hall–Kier alpha value is -0.710. The van der Waals surface area contributed by atoms with Crippen LogP contribution in [0.1, 0.15) is 33.1 Å². The Bertz CT molecular complexity index is 287. The Morgan fingerprint density at radius 2 is 1.82 bits per heavy atom. The van der Waals surface area contributed by atoms with Crippen LogP contribution in [-0.2, 0) is 0 Å². The van der Waals surface area contributed by atoms with Crippen molar-refractivity contribution in [1.82, 2.24) is 11.0 Å². The summed E-state index contributed by atoms with van der Waals surface area (Å²) in [5.41, 5.74) is 10.3. The lowest BCUT2D eigenvalue weighted by molar-refractivity contribution is 0.565. The van der Waals surface area contributed by atoms with E-state index in [2.05, 4.69) is 54.5 Å². The first kappa shape index (κ1) is 14.4. The number of benzene rings is 1. The van der Waals surface area contributed by atoms with Gasteiger partial charge in [0, 0.05) is 11.4 Å². The SMILES string of the molecule is CCCCNNNc1ccc(SCCC)cc1. The molecule has 0 heterocycles. The summed E-state index contributed by atoms with van der Waals surface area (Å²) in [4.78, 5) is 1.33. The highest BCUT2D eigenvalue weighted by Gasteiger charge is 1.94. The van der Waals surface area contributed by atoms with Gasteiger partial charge in [-0.15, -0.1) is 11.8 Å². The van der Waals surface area contributed by atoms with E-state index in [-0.39, 0.29) is 0 Å². The fraction of sp³-hybridized carbons (Fsp3) is 0.538. The van der Waals surface area contributed by atoms with Crippen molar-refractivity contribution in [2.24, 2.45) is 0 Å². The lowest BCUT2D eigenvalue weighted by Crippen LogP contribution is -2.37. The topological polar surface area (TPSA) is 36.1 Å². The van der Waals surface area contributed by atoms with Crippen LogP contribution >= 0.6 is 11.8 Å². The molecule has 0 saturated heterocycles. The number of hydrazine groups is 2. The molecule has 3 nitrogen and oxygen atoms in total. The number of thioether (sulfide) groups is 1. The molecule has 0 aliphatic heterocycles. The minimum atomic E-state index is 0.980. The lowest BCUT2D eigenvalue weighted by atomic mass is 10.3. The summed E-state index contributed by atoms with van der Waals surface area (Å²) in [5.74, 6) is 1.18. The van der Waals surface area contributed by atoms with Crippen molar-refractivity contribution in [3.05, 3.63) is 24.3 Å². The molecule has 0 bridgehead atoms. The molecule has 0 unspecified atom stereocenters. The summed E-state index contributed by atoms with van der Waals surface area (Å²) < 4.78 is 0. The molecule has 4 heteroatoms. The predicted molar refractivity (Wildman–Crippen MR) is 77.1 cm³/mol. The number of unbranched alkanes of at least 4 members (excludes halogenated alkanes) is 1. The third-order valence-electron chi connectivity index (χ3n) is 2.28. The van der Waals surface area contributed by atoms with Crippen molar-refractivity contribution in [1.29, 1.82) is 0 Å². The Kier molecular flexibility index (Phi) is 7.88. The zero-order valence-electron chi connectivity index (χ0n) is 10.8. The summed E-state index contributed by atoms with van der Waals surface area (Å²) in [6.07, 6.45) is 3.60. The summed E-state index contributed by atoms with van der Waals surface area (Å²) in [7, 11) is 0. The number of hydrogen-bond acceptors (Lipinski definition) is 4. The summed E-state index contributed by atoms with van der Waals surface area (Å²) >= 11 is 1.90. The van der Waals surface area contributed by atoms with E-state index in [9.17, 15) is 0 Å². The zero-order chi connectivity index (χ0) is 12.3. The van der Waals surface area contributed by atoms with Crippen molar-refractivity contribution in [3.63, 3.8) is 0 Å². The molecule has 1 rings (SSSR count). The van der Waals surface area contributed by atoms with Gasteiger partial charge in [0.05, 0.1) is 5.69 Å². The molecule has 1 aromatic rings. The smallest absolute Gasteiger partial charge is 0.0501 e. The average molecular weight is 253 g/mol. The molecule has 0 fully saturated rings. The van der Waals surface area contributed by atoms with Crippen LogP contribution in [0, 0.1) is 0 Å². The maximum atomic E-state index is 3.12. The average Bonchev–Trinajstić information content (AvgIpc) is 2.37. The van der Waals surface area contributed by atoms with Crippen molar-refractivity contribution >= 4 is 17.4 Å². The number of rotatable bonds is 9. The van der Waals surface area contributed by atoms with Crippen molar-refractivity contribution in [3.8, 4) is 0 Å². The highest BCUT2D eigenvalue weighted by Crippen LogP contribution is 2.20. The van der Waals surface area contributed by atoms with Crippen LogP contribution in [-0.4, -0.2) is 12.3 Å². The van der Waals surface area contributed by atoms with E-state index in [0.29, 0.717) is 0 Å². The van der Waals surface area contributed by atoms with Crippen LogP contribution in [0.5, 0.6) is 0 Å². The minimum Gasteiger partial charge on any atom is -0.308 e. The van der Waals surface area contributed by atoms with Crippen molar-refractivity contribution in [2.75, 3.05) is 17.7 Å². The first-order valence-electron chi connectivity index (χ1n) is 6.33.